The summed E-state index contributed by atoms with van der Waals surface area (Å²) in [5, 5.41) is 5.66. The first-order chi connectivity index (χ1) is 10.0. The van der Waals surface area contributed by atoms with Gasteiger partial charge in [0, 0.05) is 6.42 Å². The number of hydrogen-bond donors (Lipinski definition) is 2. The molecule has 0 bridgehead atoms. The van der Waals surface area contributed by atoms with Gasteiger partial charge in [0.1, 0.15) is 11.6 Å². The van der Waals surface area contributed by atoms with Gasteiger partial charge < -0.3 is 10.6 Å². The number of rotatable bonds is 5. The van der Waals surface area contributed by atoms with Gasteiger partial charge in [-0.1, -0.05) is 26.0 Å². The molecule has 1 amide bonds. The number of carbonyl (C=O) groups excluding carboxylic acids is 1. The highest BCUT2D eigenvalue weighted by Gasteiger charge is 2.06. The minimum atomic E-state index is -0.327. The second-order valence-electron chi connectivity index (χ2n) is 5.18. The van der Waals surface area contributed by atoms with Crippen LogP contribution in [0.1, 0.15) is 20.3 Å². The standard InChI is InChI=1S/C16H18FN3O/c1-11(2)9-16(21)20-15-8-7-12(10-18-15)19-14-6-4-3-5-13(14)17/h3-8,10-11,19H,9H2,1-2H3,(H,18,20,21). The Morgan fingerprint density at radius 2 is 2.00 bits per heavy atom. The molecule has 0 atom stereocenters. The smallest absolute Gasteiger partial charge is 0.225 e. The van der Waals surface area contributed by atoms with E-state index < -0.39 is 0 Å². The Morgan fingerprint density at radius 1 is 1.24 bits per heavy atom. The second-order valence-corrected chi connectivity index (χ2v) is 5.18. The van der Waals surface area contributed by atoms with E-state index in [0.717, 1.165) is 0 Å². The number of pyridine rings is 1. The first kappa shape index (κ1) is 15.0. The lowest BCUT2D eigenvalue weighted by atomic mass is 10.1. The van der Waals surface area contributed by atoms with E-state index in [1.807, 2.05) is 13.8 Å². The van der Waals surface area contributed by atoms with Crippen LogP contribution in [-0.4, -0.2) is 10.9 Å². The molecule has 0 radical (unpaired) electrons. The van der Waals surface area contributed by atoms with E-state index in [1.165, 1.54) is 6.07 Å². The molecule has 1 heterocycles. The summed E-state index contributed by atoms with van der Waals surface area (Å²) in [5.74, 6) is 0.394. The van der Waals surface area contributed by atoms with Gasteiger partial charge in [0.15, 0.2) is 0 Å². The van der Waals surface area contributed by atoms with Gasteiger partial charge in [-0.2, -0.15) is 0 Å². The molecule has 0 aliphatic rings. The van der Waals surface area contributed by atoms with Crippen molar-refractivity contribution >= 4 is 23.1 Å². The van der Waals surface area contributed by atoms with Crippen LogP contribution in [-0.2, 0) is 4.79 Å². The van der Waals surface area contributed by atoms with Crippen molar-refractivity contribution in [1.29, 1.82) is 0 Å². The molecular formula is C16H18FN3O. The molecule has 1 aromatic carbocycles. The number of carbonyl (C=O) groups is 1. The molecule has 2 N–H and O–H groups in total. The second kappa shape index (κ2) is 6.83. The Morgan fingerprint density at radius 3 is 2.62 bits per heavy atom. The summed E-state index contributed by atoms with van der Waals surface area (Å²) in [6, 6.07) is 9.83. The summed E-state index contributed by atoms with van der Waals surface area (Å²) < 4.78 is 13.5. The maximum atomic E-state index is 13.5. The molecule has 4 nitrogen and oxygen atoms in total. The van der Waals surface area contributed by atoms with Crippen molar-refractivity contribution < 1.29 is 9.18 Å². The predicted molar refractivity (Wildman–Crippen MR) is 82.0 cm³/mol. The van der Waals surface area contributed by atoms with Gasteiger partial charge in [-0.25, -0.2) is 9.37 Å². The zero-order valence-electron chi connectivity index (χ0n) is 12.1. The van der Waals surface area contributed by atoms with Crippen LogP contribution in [0.3, 0.4) is 0 Å². The largest absolute Gasteiger partial charge is 0.352 e. The number of amides is 1. The van der Waals surface area contributed by atoms with Gasteiger partial charge in [-0.15, -0.1) is 0 Å². The van der Waals surface area contributed by atoms with Crippen LogP contribution in [0.15, 0.2) is 42.6 Å². The monoisotopic (exact) mass is 287 g/mol. The van der Waals surface area contributed by atoms with Crippen molar-refractivity contribution in [2.45, 2.75) is 20.3 Å². The fourth-order valence-corrected chi connectivity index (χ4v) is 1.82. The molecule has 110 valence electrons. The van der Waals surface area contributed by atoms with E-state index in [-0.39, 0.29) is 11.7 Å². The highest BCUT2D eigenvalue weighted by atomic mass is 19.1. The molecule has 0 fully saturated rings. The number of para-hydroxylation sites is 1. The minimum Gasteiger partial charge on any atom is -0.352 e. The molecule has 0 spiro atoms. The third-order valence-electron chi connectivity index (χ3n) is 2.78. The molecule has 2 aromatic rings. The van der Waals surface area contributed by atoms with Crippen molar-refractivity contribution in [2.24, 2.45) is 5.92 Å². The van der Waals surface area contributed by atoms with Crippen molar-refractivity contribution in [3.8, 4) is 0 Å². The Kier molecular flexibility index (Phi) is 4.87. The lowest BCUT2D eigenvalue weighted by Crippen LogP contribution is -2.14. The van der Waals surface area contributed by atoms with Crippen molar-refractivity contribution in [3.63, 3.8) is 0 Å². The van der Waals surface area contributed by atoms with Crippen LogP contribution in [0.5, 0.6) is 0 Å². The summed E-state index contributed by atoms with van der Waals surface area (Å²) in [7, 11) is 0. The van der Waals surface area contributed by atoms with Gasteiger partial charge in [-0.3, -0.25) is 4.79 Å². The Balaban J connectivity index is 1.99. The van der Waals surface area contributed by atoms with Crippen molar-refractivity contribution in [3.05, 3.63) is 48.4 Å². The summed E-state index contributed by atoms with van der Waals surface area (Å²) in [4.78, 5) is 15.8. The molecule has 0 unspecified atom stereocenters. The van der Waals surface area contributed by atoms with Gasteiger partial charge in [0.25, 0.3) is 0 Å². The van der Waals surface area contributed by atoms with Gasteiger partial charge >= 0.3 is 0 Å². The molecule has 1 aromatic heterocycles. The van der Waals surface area contributed by atoms with Crippen LogP contribution >= 0.6 is 0 Å². The molecule has 5 heteroatoms. The topological polar surface area (TPSA) is 54.0 Å². The van der Waals surface area contributed by atoms with E-state index in [9.17, 15) is 9.18 Å². The van der Waals surface area contributed by atoms with Gasteiger partial charge in [0.05, 0.1) is 17.6 Å². The Bertz CT molecular complexity index is 611. The average molecular weight is 287 g/mol. The van der Waals surface area contributed by atoms with Crippen LogP contribution in [0.2, 0.25) is 0 Å². The maximum absolute atomic E-state index is 13.5. The fraction of sp³-hybridized carbons (Fsp3) is 0.250. The highest BCUT2D eigenvalue weighted by Crippen LogP contribution is 2.19. The number of benzene rings is 1. The first-order valence-electron chi connectivity index (χ1n) is 6.82. The lowest BCUT2D eigenvalue weighted by molar-refractivity contribution is -0.116. The van der Waals surface area contributed by atoms with Gasteiger partial charge in [-0.05, 0) is 30.2 Å². The zero-order chi connectivity index (χ0) is 15.2. The van der Waals surface area contributed by atoms with Crippen LogP contribution in [0, 0.1) is 11.7 Å². The molecule has 2 rings (SSSR count). The van der Waals surface area contributed by atoms with Crippen molar-refractivity contribution in [1.82, 2.24) is 4.98 Å². The van der Waals surface area contributed by atoms with E-state index in [0.29, 0.717) is 29.5 Å². The van der Waals surface area contributed by atoms with E-state index in [4.69, 9.17) is 0 Å². The van der Waals surface area contributed by atoms with Crippen LogP contribution in [0.4, 0.5) is 21.6 Å². The summed E-state index contributed by atoms with van der Waals surface area (Å²) >= 11 is 0. The average Bonchev–Trinajstić information content (AvgIpc) is 2.42. The quantitative estimate of drug-likeness (QED) is 0.875. The zero-order valence-corrected chi connectivity index (χ0v) is 12.1. The highest BCUT2D eigenvalue weighted by molar-refractivity contribution is 5.89. The van der Waals surface area contributed by atoms with Crippen LogP contribution < -0.4 is 10.6 Å². The SMILES string of the molecule is CC(C)CC(=O)Nc1ccc(Nc2ccccc2F)cn1. The maximum Gasteiger partial charge on any atom is 0.225 e. The molecule has 0 saturated carbocycles. The van der Waals surface area contributed by atoms with Crippen LogP contribution in [0.25, 0.3) is 0 Å². The van der Waals surface area contributed by atoms with Crippen molar-refractivity contribution in [2.75, 3.05) is 10.6 Å². The molecule has 21 heavy (non-hydrogen) atoms. The van der Waals surface area contributed by atoms with Gasteiger partial charge in [0.2, 0.25) is 5.91 Å². The normalized spacial score (nSPS) is 10.5. The molecule has 0 aliphatic heterocycles. The number of halogens is 1. The fourth-order valence-electron chi connectivity index (χ4n) is 1.82. The number of anilines is 3. The Labute approximate surface area is 123 Å². The third kappa shape index (κ3) is 4.56. The summed E-state index contributed by atoms with van der Waals surface area (Å²) in [6.45, 7) is 3.96. The predicted octanol–water partition coefficient (Wildman–Crippen LogP) is 3.95. The molecule has 0 saturated heterocycles. The number of aromatic nitrogens is 1. The van der Waals surface area contributed by atoms with E-state index in [1.54, 1.807) is 36.5 Å². The van der Waals surface area contributed by atoms with E-state index in [2.05, 4.69) is 15.6 Å². The lowest BCUT2D eigenvalue weighted by Gasteiger charge is -2.09. The molecule has 0 aliphatic carbocycles. The molecular weight excluding hydrogens is 269 g/mol. The number of hydrogen-bond acceptors (Lipinski definition) is 3. The number of nitrogens with zero attached hydrogens (tertiary/aromatic N) is 1. The Hall–Kier alpha value is -2.43. The first-order valence-corrected chi connectivity index (χ1v) is 6.82. The minimum absolute atomic E-state index is 0.0627. The summed E-state index contributed by atoms with van der Waals surface area (Å²) in [5.41, 5.74) is 1.04. The van der Waals surface area contributed by atoms with E-state index >= 15 is 0 Å². The number of nitrogens with one attached hydrogen (secondary N) is 2. The summed E-state index contributed by atoms with van der Waals surface area (Å²) in [6.07, 6.45) is 2.01. The third-order valence-corrected chi connectivity index (χ3v) is 2.78.